The van der Waals surface area contributed by atoms with Gasteiger partial charge in [0.1, 0.15) is 23.3 Å². The predicted octanol–water partition coefficient (Wildman–Crippen LogP) is 4.24. The molecular weight excluding hydrogens is 458 g/mol. The van der Waals surface area contributed by atoms with E-state index in [1.54, 1.807) is 55.8 Å². The monoisotopic (exact) mass is 483 g/mol. The summed E-state index contributed by atoms with van der Waals surface area (Å²) < 4.78 is 10.6. The minimum absolute atomic E-state index is 0.00699. The Labute approximate surface area is 207 Å². The number of rotatable bonds is 7. The van der Waals surface area contributed by atoms with Crippen LogP contribution in [0.1, 0.15) is 22.9 Å². The van der Waals surface area contributed by atoms with E-state index in [2.05, 4.69) is 9.97 Å². The third-order valence-electron chi connectivity index (χ3n) is 6.45. The average Bonchev–Trinajstić information content (AvgIpc) is 3.44. The first kappa shape index (κ1) is 23.2. The maximum Gasteiger partial charge on any atom is 0.295 e. The fraction of sp³-hybridized carbons (Fsp3) is 0.179. The van der Waals surface area contributed by atoms with Gasteiger partial charge in [-0.25, -0.2) is 0 Å². The first-order valence-electron chi connectivity index (χ1n) is 11.5. The Morgan fingerprint density at radius 2 is 1.83 bits per heavy atom. The molecule has 8 heteroatoms. The quantitative estimate of drug-likeness (QED) is 0.231. The highest BCUT2D eigenvalue weighted by molar-refractivity contribution is 6.46. The maximum atomic E-state index is 13.2. The second-order valence-corrected chi connectivity index (χ2v) is 8.45. The van der Waals surface area contributed by atoms with Crippen molar-refractivity contribution in [2.75, 3.05) is 20.8 Å². The van der Waals surface area contributed by atoms with Crippen LogP contribution < -0.4 is 9.47 Å². The van der Waals surface area contributed by atoms with Gasteiger partial charge in [-0.2, -0.15) is 0 Å². The summed E-state index contributed by atoms with van der Waals surface area (Å²) >= 11 is 0. The molecule has 1 unspecified atom stereocenters. The van der Waals surface area contributed by atoms with Crippen molar-refractivity contribution >= 4 is 28.4 Å². The van der Waals surface area contributed by atoms with Gasteiger partial charge in [0.25, 0.3) is 11.7 Å². The lowest BCUT2D eigenvalue weighted by Crippen LogP contribution is -2.32. The lowest BCUT2D eigenvalue weighted by Gasteiger charge is -2.24. The highest BCUT2D eigenvalue weighted by atomic mass is 16.5. The molecular formula is C28H25N3O5. The van der Waals surface area contributed by atoms with Crippen LogP contribution in [0.3, 0.4) is 0 Å². The zero-order valence-corrected chi connectivity index (χ0v) is 19.9. The second kappa shape index (κ2) is 9.58. The van der Waals surface area contributed by atoms with Crippen molar-refractivity contribution in [1.29, 1.82) is 0 Å². The van der Waals surface area contributed by atoms with Crippen molar-refractivity contribution in [2.45, 2.75) is 12.5 Å². The number of aliphatic hydroxyl groups excluding tert-OH is 1. The number of pyridine rings is 1. The van der Waals surface area contributed by atoms with Crippen LogP contribution in [0.5, 0.6) is 11.5 Å². The van der Waals surface area contributed by atoms with Gasteiger partial charge in [-0.05, 0) is 54.4 Å². The van der Waals surface area contributed by atoms with E-state index in [1.807, 2.05) is 24.4 Å². The Balaban J connectivity index is 1.54. The summed E-state index contributed by atoms with van der Waals surface area (Å²) in [6, 6.07) is 17.0. The van der Waals surface area contributed by atoms with Crippen LogP contribution >= 0.6 is 0 Å². The number of H-pyrrole nitrogens is 1. The number of carbonyl (C=O) groups excluding carboxylic acids is 2. The fourth-order valence-electron chi connectivity index (χ4n) is 4.61. The van der Waals surface area contributed by atoms with E-state index in [-0.39, 0.29) is 17.9 Å². The van der Waals surface area contributed by atoms with E-state index >= 15 is 0 Å². The smallest absolute Gasteiger partial charge is 0.295 e. The number of benzene rings is 2. The summed E-state index contributed by atoms with van der Waals surface area (Å²) in [6.45, 7) is 0.255. The number of amides is 1. The van der Waals surface area contributed by atoms with Crippen molar-refractivity contribution in [3.8, 4) is 11.5 Å². The average molecular weight is 484 g/mol. The summed E-state index contributed by atoms with van der Waals surface area (Å²) in [5, 5.41) is 12.2. The first-order valence-corrected chi connectivity index (χ1v) is 11.5. The van der Waals surface area contributed by atoms with Crippen molar-refractivity contribution in [3.63, 3.8) is 0 Å². The number of hydrogen-bond acceptors (Lipinski definition) is 6. The number of Topliss-reactive ketones (excluding diaryl/α,β-unsaturated/α-hetero) is 1. The summed E-state index contributed by atoms with van der Waals surface area (Å²) in [5.74, 6) is -0.422. The van der Waals surface area contributed by atoms with Gasteiger partial charge in [-0.3, -0.25) is 14.6 Å². The molecule has 0 radical (unpaired) electrons. The SMILES string of the molecule is COc1cccc(/C(O)=C2/C(=O)C(=O)N(CCc3c[nH]c4ccc(OC)cc34)C2c2ccccn2)c1. The van der Waals surface area contributed by atoms with Gasteiger partial charge in [-0.15, -0.1) is 0 Å². The van der Waals surface area contributed by atoms with Gasteiger partial charge in [0.15, 0.2) is 0 Å². The minimum atomic E-state index is -0.822. The molecule has 2 aromatic carbocycles. The highest BCUT2D eigenvalue weighted by Crippen LogP contribution is 2.39. The lowest BCUT2D eigenvalue weighted by atomic mass is 9.98. The standard InChI is InChI=1S/C28H25N3O5/c1-35-19-7-5-6-17(14-19)26(32)24-25(23-8-3-4-12-29-23)31(28(34)27(24)33)13-11-18-16-30-22-10-9-20(36-2)15-21(18)22/h3-10,12,14-16,25,30,32H,11,13H2,1-2H3/b26-24-. The van der Waals surface area contributed by atoms with Crippen LogP contribution in [0.4, 0.5) is 0 Å². The van der Waals surface area contributed by atoms with E-state index < -0.39 is 17.7 Å². The van der Waals surface area contributed by atoms with E-state index in [0.717, 1.165) is 22.2 Å². The number of fused-ring (bicyclic) bond motifs is 1. The van der Waals surface area contributed by atoms with Crippen molar-refractivity contribution in [1.82, 2.24) is 14.9 Å². The Kier molecular flexibility index (Phi) is 6.16. The van der Waals surface area contributed by atoms with Crippen molar-refractivity contribution < 1.29 is 24.2 Å². The molecule has 1 aliphatic rings. The van der Waals surface area contributed by atoms with Crippen molar-refractivity contribution in [2.24, 2.45) is 0 Å². The van der Waals surface area contributed by atoms with Crippen LogP contribution in [0.2, 0.25) is 0 Å². The molecule has 8 nitrogen and oxygen atoms in total. The molecule has 1 saturated heterocycles. The molecule has 1 aliphatic heterocycles. The zero-order chi connectivity index (χ0) is 25.2. The second-order valence-electron chi connectivity index (χ2n) is 8.45. The van der Waals surface area contributed by atoms with E-state index in [4.69, 9.17) is 9.47 Å². The van der Waals surface area contributed by atoms with Gasteiger partial charge in [0.05, 0.1) is 25.5 Å². The maximum absolute atomic E-state index is 13.2. The van der Waals surface area contributed by atoms with Crippen LogP contribution in [-0.4, -0.2) is 52.4 Å². The fourth-order valence-corrected chi connectivity index (χ4v) is 4.61. The zero-order valence-electron chi connectivity index (χ0n) is 19.9. The molecule has 0 saturated carbocycles. The van der Waals surface area contributed by atoms with Crippen LogP contribution in [0.25, 0.3) is 16.7 Å². The molecule has 0 bridgehead atoms. The molecule has 0 spiro atoms. The molecule has 2 N–H and O–H groups in total. The number of hydrogen-bond donors (Lipinski definition) is 2. The van der Waals surface area contributed by atoms with Crippen LogP contribution in [0, 0.1) is 0 Å². The first-order chi connectivity index (χ1) is 17.5. The van der Waals surface area contributed by atoms with Gasteiger partial charge in [-0.1, -0.05) is 18.2 Å². The molecule has 4 aromatic rings. The number of aliphatic hydroxyl groups is 1. The van der Waals surface area contributed by atoms with E-state index in [0.29, 0.717) is 23.4 Å². The van der Waals surface area contributed by atoms with E-state index in [1.165, 1.54) is 12.0 Å². The summed E-state index contributed by atoms with van der Waals surface area (Å²) in [5.41, 5.74) is 2.83. The normalized spacial score (nSPS) is 17.1. The molecule has 2 aromatic heterocycles. The third kappa shape index (κ3) is 4.07. The molecule has 3 heterocycles. The molecule has 5 rings (SSSR count). The van der Waals surface area contributed by atoms with Gasteiger partial charge in [0, 0.05) is 35.4 Å². The molecule has 1 fully saturated rings. The largest absolute Gasteiger partial charge is 0.507 e. The summed E-state index contributed by atoms with van der Waals surface area (Å²) in [7, 11) is 3.13. The predicted molar refractivity (Wildman–Crippen MR) is 135 cm³/mol. The van der Waals surface area contributed by atoms with Crippen molar-refractivity contribution in [3.05, 3.63) is 95.5 Å². The lowest BCUT2D eigenvalue weighted by molar-refractivity contribution is -0.139. The van der Waals surface area contributed by atoms with Crippen LogP contribution in [0.15, 0.2) is 78.6 Å². The highest BCUT2D eigenvalue weighted by Gasteiger charge is 2.46. The Bertz CT molecular complexity index is 1480. The molecule has 0 aliphatic carbocycles. The Hall–Kier alpha value is -4.59. The molecule has 182 valence electrons. The summed E-state index contributed by atoms with van der Waals surface area (Å²) in [4.78, 5) is 35.6. The number of aromatic amines is 1. The molecule has 1 amide bonds. The Morgan fingerprint density at radius 3 is 2.58 bits per heavy atom. The van der Waals surface area contributed by atoms with E-state index in [9.17, 15) is 14.7 Å². The number of ketones is 1. The summed E-state index contributed by atoms with van der Waals surface area (Å²) in [6.07, 6.45) is 3.99. The topological polar surface area (TPSA) is 105 Å². The number of carbonyl (C=O) groups is 2. The molecule has 1 atom stereocenters. The van der Waals surface area contributed by atoms with Crippen LogP contribution in [-0.2, 0) is 16.0 Å². The minimum Gasteiger partial charge on any atom is -0.507 e. The van der Waals surface area contributed by atoms with Gasteiger partial charge < -0.3 is 24.5 Å². The number of nitrogens with zero attached hydrogens (tertiary/aromatic N) is 2. The number of aromatic nitrogens is 2. The number of likely N-dealkylation sites (tertiary alicyclic amines) is 1. The molecule has 36 heavy (non-hydrogen) atoms. The number of nitrogens with one attached hydrogen (secondary N) is 1. The third-order valence-corrected chi connectivity index (χ3v) is 6.45. The van der Waals surface area contributed by atoms with Gasteiger partial charge in [0.2, 0.25) is 0 Å². The Morgan fingerprint density at radius 1 is 1.03 bits per heavy atom. The van der Waals surface area contributed by atoms with Gasteiger partial charge >= 0.3 is 0 Å². The number of ether oxygens (including phenoxy) is 2. The number of methoxy groups -OCH3 is 2.